The molecule has 2 aromatic heterocycles. The van der Waals surface area contributed by atoms with Crippen molar-refractivity contribution in [1.82, 2.24) is 5.32 Å². The smallest absolute Gasteiger partial charge is 0.293 e. The summed E-state index contributed by atoms with van der Waals surface area (Å²) in [5, 5.41) is 16.3. The molecule has 0 saturated carbocycles. The molecule has 5 nitrogen and oxygen atoms in total. The third-order valence-electron chi connectivity index (χ3n) is 3.60. The van der Waals surface area contributed by atoms with Gasteiger partial charge in [-0.3, -0.25) is 10.1 Å². The fraction of sp³-hybridized carbons (Fsp3) is 0.118. The highest BCUT2D eigenvalue weighted by atomic mass is 32.1. The number of nitrogens with zero attached hydrogens (tertiary/aromatic N) is 1. The summed E-state index contributed by atoms with van der Waals surface area (Å²) in [5.74, 6) is -0.258. The Balaban J connectivity index is 1.74. The van der Waals surface area contributed by atoms with Gasteiger partial charge in [-0.1, -0.05) is 18.2 Å². The van der Waals surface area contributed by atoms with Gasteiger partial charge >= 0.3 is 0 Å². The summed E-state index contributed by atoms with van der Waals surface area (Å²) >= 11 is 6.59. The van der Waals surface area contributed by atoms with Gasteiger partial charge in [-0.25, -0.2) is 0 Å². The predicted molar refractivity (Wildman–Crippen MR) is 98.4 cm³/mol. The van der Waals surface area contributed by atoms with Crippen LogP contribution in [-0.4, -0.2) is 11.0 Å². The van der Waals surface area contributed by atoms with Crippen molar-refractivity contribution in [1.29, 1.82) is 5.26 Å². The molecule has 2 N–H and O–H groups in total. The van der Waals surface area contributed by atoms with Crippen molar-refractivity contribution in [3.05, 3.63) is 52.1 Å². The number of hydrogen-bond donors (Lipinski definition) is 2. The van der Waals surface area contributed by atoms with Crippen LogP contribution in [0.15, 0.2) is 34.7 Å². The standard InChI is InChI=1S/C17H13N3O2S2/c1-9-10(2)24-16(12(9)8-18)20-17(23)19-15(21)14-7-11-5-3-4-6-13(11)22-14/h3-7H,1-2H3,(H2,19,20,21,23). The summed E-state index contributed by atoms with van der Waals surface area (Å²) in [6.45, 7) is 3.81. The van der Waals surface area contributed by atoms with Crippen molar-refractivity contribution in [3.8, 4) is 6.07 Å². The van der Waals surface area contributed by atoms with E-state index in [0.717, 1.165) is 15.8 Å². The molecule has 0 aliphatic rings. The Morgan fingerprint density at radius 1 is 1.33 bits per heavy atom. The second kappa shape index (κ2) is 6.43. The molecule has 2 heterocycles. The molecular weight excluding hydrogens is 342 g/mol. The molecule has 0 aliphatic carbocycles. The molecule has 24 heavy (non-hydrogen) atoms. The molecule has 0 unspecified atom stereocenters. The number of furan rings is 1. The minimum Gasteiger partial charge on any atom is -0.451 e. The first-order valence-corrected chi connectivity index (χ1v) is 8.33. The van der Waals surface area contributed by atoms with E-state index in [1.807, 2.05) is 32.0 Å². The molecule has 0 bridgehead atoms. The minimum absolute atomic E-state index is 0.123. The topological polar surface area (TPSA) is 78.1 Å². The number of aryl methyl sites for hydroxylation is 1. The molecule has 1 amide bonds. The van der Waals surface area contributed by atoms with Gasteiger partial charge in [0.25, 0.3) is 5.91 Å². The van der Waals surface area contributed by atoms with E-state index in [0.29, 0.717) is 16.1 Å². The quantitative estimate of drug-likeness (QED) is 0.677. The molecule has 0 aliphatic heterocycles. The fourth-order valence-electron chi connectivity index (χ4n) is 2.24. The number of fused-ring (bicyclic) bond motifs is 1. The molecule has 0 spiro atoms. The van der Waals surface area contributed by atoms with Crippen LogP contribution in [0.25, 0.3) is 11.0 Å². The number of carbonyl (C=O) groups is 1. The van der Waals surface area contributed by atoms with Gasteiger partial charge < -0.3 is 9.73 Å². The molecule has 0 saturated heterocycles. The van der Waals surface area contributed by atoms with E-state index in [1.54, 1.807) is 12.1 Å². The zero-order valence-electron chi connectivity index (χ0n) is 13.0. The number of anilines is 1. The Morgan fingerprint density at radius 2 is 2.08 bits per heavy atom. The van der Waals surface area contributed by atoms with Crippen molar-refractivity contribution in [2.24, 2.45) is 0 Å². The van der Waals surface area contributed by atoms with E-state index in [1.165, 1.54) is 11.3 Å². The van der Waals surface area contributed by atoms with Crippen LogP contribution >= 0.6 is 23.6 Å². The Morgan fingerprint density at radius 3 is 2.79 bits per heavy atom. The van der Waals surface area contributed by atoms with Crippen molar-refractivity contribution in [2.45, 2.75) is 13.8 Å². The Labute approximate surface area is 147 Å². The van der Waals surface area contributed by atoms with E-state index in [-0.39, 0.29) is 10.9 Å². The van der Waals surface area contributed by atoms with Crippen LogP contribution < -0.4 is 10.6 Å². The lowest BCUT2D eigenvalue weighted by Crippen LogP contribution is -2.33. The maximum atomic E-state index is 12.2. The summed E-state index contributed by atoms with van der Waals surface area (Å²) in [6.07, 6.45) is 0. The number of para-hydroxylation sites is 1. The Hall–Kier alpha value is -2.69. The first-order valence-electron chi connectivity index (χ1n) is 7.10. The van der Waals surface area contributed by atoms with Gasteiger partial charge in [-0.15, -0.1) is 11.3 Å². The monoisotopic (exact) mass is 355 g/mol. The largest absolute Gasteiger partial charge is 0.451 e. The van der Waals surface area contributed by atoms with Crippen molar-refractivity contribution >= 4 is 50.5 Å². The third-order valence-corrected chi connectivity index (χ3v) is 4.93. The van der Waals surface area contributed by atoms with Gasteiger partial charge in [0.05, 0.1) is 5.56 Å². The SMILES string of the molecule is Cc1sc(NC(=S)NC(=O)c2cc3ccccc3o2)c(C#N)c1C. The molecule has 1 aromatic carbocycles. The van der Waals surface area contributed by atoms with Gasteiger partial charge in [0.15, 0.2) is 10.9 Å². The highest BCUT2D eigenvalue weighted by Gasteiger charge is 2.16. The summed E-state index contributed by atoms with van der Waals surface area (Å²) in [4.78, 5) is 13.3. The highest BCUT2D eigenvalue weighted by molar-refractivity contribution is 7.80. The Bertz CT molecular complexity index is 962. The van der Waals surface area contributed by atoms with Crippen LogP contribution in [0.4, 0.5) is 5.00 Å². The summed E-state index contributed by atoms with van der Waals surface area (Å²) in [6, 6.07) is 11.2. The zero-order valence-corrected chi connectivity index (χ0v) is 14.6. The number of hydrogen-bond acceptors (Lipinski definition) is 5. The number of thiocarbonyl (C=S) groups is 1. The third kappa shape index (κ3) is 3.02. The lowest BCUT2D eigenvalue weighted by Gasteiger charge is -2.07. The van der Waals surface area contributed by atoms with Gasteiger partial charge in [-0.05, 0) is 43.8 Å². The van der Waals surface area contributed by atoms with Crippen LogP contribution in [-0.2, 0) is 0 Å². The number of thiophene rings is 1. The molecule has 3 rings (SSSR count). The number of carbonyl (C=O) groups excluding carboxylic acids is 1. The first kappa shape index (κ1) is 16.2. The molecule has 120 valence electrons. The summed E-state index contributed by atoms with van der Waals surface area (Å²) in [7, 11) is 0. The van der Waals surface area contributed by atoms with Crippen molar-refractivity contribution in [2.75, 3.05) is 5.32 Å². The number of amides is 1. The van der Waals surface area contributed by atoms with Crippen LogP contribution in [0.5, 0.6) is 0 Å². The molecule has 0 radical (unpaired) electrons. The maximum absolute atomic E-state index is 12.2. The summed E-state index contributed by atoms with van der Waals surface area (Å²) in [5.41, 5.74) is 2.09. The first-order chi connectivity index (χ1) is 11.5. The fourth-order valence-corrected chi connectivity index (χ4v) is 3.52. The highest BCUT2D eigenvalue weighted by Crippen LogP contribution is 2.31. The second-order valence-electron chi connectivity index (χ2n) is 5.16. The Kier molecular flexibility index (Phi) is 4.34. The van der Waals surface area contributed by atoms with Gasteiger partial charge in [-0.2, -0.15) is 5.26 Å². The lowest BCUT2D eigenvalue weighted by molar-refractivity contribution is 0.0953. The maximum Gasteiger partial charge on any atom is 0.293 e. The average molecular weight is 355 g/mol. The number of benzene rings is 1. The molecule has 3 aromatic rings. The van der Waals surface area contributed by atoms with E-state index < -0.39 is 5.91 Å². The number of nitrogens with one attached hydrogen (secondary N) is 2. The van der Waals surface area contributed by atoms with E-state index in [2.05, 4.69) is 16.7 Å². The zero-order chi connectivity index (χ0) is 17.3. The van der Waals surface area contributed by atoms with E-state index >= 15 is 0 Å². The second-order valence-corrected chi connectivity index (χ2v) is 6.79. The van der Waals surface area contributed by atoms with Gasteiger partial charge in [0, 0.05) is 10.3 Å². The predicted octanol–water partition coefficient (Wildman–Crippen LogP) is 4.11. The lowest BCUT2D eigenvalue weighted by atomic mass is 10.2. The van der Waals surface area contributed by atoms with E-state index in [4.69, 9.17) is 16.6 Å². The van der Waals surface area contributed by atoms with Crippen molar-refractivity contribution in [3.63, 3.8) is 0 Å². The molecule has 0 fully saturated rings. The van der Waals surface area contributed by atoms with Crippen LogP contribution in [0, 0.1) is 25.2 Å². The normalized spacial score (nSPS) is 10.4. The molecular formula is C17H13N3O2S2. The average Bonchev–Trinajstić information content (AvgIpc) is 3.09. The van der Waals surface area contributed by atoms with Crippen LogP contribution in [0.2, 0.25) is 0 Å². The van der Waals surface area contributed by atoms with Crippen molar-refractivity contribution < 1.29 is 9.21 Å². The van der Waals surface area contributed by atoms with Crippen LogP contribution in [0.3, 0.4) is 0 Å². The number of rotatable bonds is 2. The van der Waals surface area contributed by atoms with Gasteiger partial charge in [0.1, 0.15) is 16.7 Å². The minimum atomic E-state index is -0.438. The van der Waals surface area contributed by atoms with E-state index in [9.17, 15) is 10.1 Å². The van der Waals surface area contributed by atoms with Gasteiger partial charge in [0.2, 0.25) is 0 Å². The number of nitriles is 1. The molecule has 0 atom stereocenters. The summed E-state index contributed by atoms with van der Waals surface area (Å²) < 4.78 is 5.50. The molecule has 7 heteroatoms. The van der Waals surface area contributed by atoms with Crippen LogP contribution in [0.1, 0.15) is 26.6 Å².